The highest BCUT2D eigenvalue weighted by Gasteiger charge is 2.24. The van der Waals surface area contributed by atoms with E-state index in [2.05, 4.69) is 6.92 Å². The first-order valence-corrected chi connectivity index (χ1v) is 9.03. The Morgan fingerprint density at radius 2 is 1.86 bits per heavy atom. The van der Waals surface area contributed by atoms with Crippen LogP contribution in [0.3, 0.4) is 0 Å². The van der Waals surface area contributed by atoms with Gasteiger partial charge in [-0.3, -0.25) is 4.31 Å². The summed E-state index contributed by atoms with van der Waals surface area (Å²) in [5.41, 5.74) is 8.40. The van der Waals surface area contributed by atoms with E-state index < -0.39 is 10.0 Å². The van der Waals surface area contributed by atoms with E-state index >= 15 is 0 Å². The SMILES string of the molecule is CCc1ccc(N(C)S(=O)(=O)c2cc(C)c(CN)s2)cc1. The minimum absolute atomic E-state index is 0.336. The second-order valence-corrected chi connectivity index (χ2v) is 8.20. The molecule has 2 N–H and O–H groups in total. The van der Waals surface area contributed by atoms with Crippen LogP contribution in [-0.2, 0) is 23.0 Å². The predicted molar refractivity (Wildman–Crippen MR) is 88.4 cm³/mol. The van der Waals surface area contributed by atoms with Gasteiger partial charge >= 0.3 is 0 Å². The Hall–Kier alpha value is -1.37. The number of nitrogens with two attached hydrogens (primary N) is 1. The Balaban J connectivity index is 2.36. The molecule has 0 saturated heterocycles. The summed E-state index contributed by atoms with van der Waals surface area (Å²) in [4.78, 5) is 0.906. The van der Waals surface area contributed by atoms with Gasteiger partial charge in [0.05, 0.1) is 5.69 Å². The van der Waals surface area contributed by atoms with Crippen LogP contribution in [0.25, 0.3) is 0 Å². The first-order chi connectivity index (χ1) is 9.90. The van der Waals surface area contributed by atoms with Crippen molar-refractivity contribution in [2.45, 2.75) is 31.0 Å². The minimum Gasteiger partial charge on any atom is -0.326 e. The van der Waals surface area contributed by atoms with Crippen LogP contribution >= 0.6 is 11.3 Å². The minimum atomic E-state index is -3.53. The topological polar surface area (TPSA) is 63.4 Å². The molecule has 0 aliphatic rings. The fraction of sp³-hybridized carbons (Fsp3) is 0.333. The van der Waals surface area contributed by atoms with Crippen molar-refractivity contribution >= 4 is 27.0 Å². The van der Waals surface area contributed by atoms with E-state index in [9.17, 15) is 8.42 Å². The molecular formula is C15H20N2O2S2. The van der Waals surface area contributed by atoms with Gasteiger partial charge in [0.2, 0.25) is 0 Å². The highest BCUT2D eigenvalue weighted by atomic mass is 32.2. The van der Waals surface area contributed by atoms with Gasteiger partial charge in [0.1, 0.15) is 4.21 Å². The second-order valence-electron chi connectivity index (χ2n) is 4.87. The predicted octanol–water partition coefficient (Wildman–Crippen LogP) is 2.90. The third-order valence-corrected chi connectivity index (χ3v) is 7.00. The average Bonchev–Trinajstić information content (AvgIpc) is 2.88. The Bertz CT molecular complexity index is 719. The largest absolute Gasteiger partial charge is 0.326 e. The fourth-order valence-electron chi connectivity index (χ4n) is 2.03. The molecule has 0 fully saturated rings. The van der Waals surface area contributed by atoms with Crippen LogP contribution in [0.5, 0.6) is 0 Å². The van der Waals surface area contributed by atoms with Crippen LogP contribution < -0.4 is 10.0 Å². The number of benzene rings is 1. The summed E-state index contributed by atoms with van der Waals surface area (Å²) in [5, 5.41) is 0. The summed E-state index contributed by atoms with van der Waals surface area (Å²) in [5.74, 6) is 0. The van der Waals surface area contributed by atoms with Crippen molar-refractivity contribution in [1.82, 2.24) is 0 Å². The zero-order valence-corrected chi connectivity index (χ0v) is 14.1. The molecule has 0 aliphatic heterocycles. The van der Waals surface area contributed by atoms with Gasteiger partial charge in [-0.25, -0.2) is 8.42 Å². The molecule has 1 aromatic heterocycles. The van der Waals surface area contributed by atoms with Gasteiger partial charge in [-0.1, -0.05) is 19.1 Å². The molecule has 2 aromatic rings. The van der Waals surface area contributed by atoms with Gasteiger partial charge in [-0.15, -0.1) is 11.3 Å². The van der Waals surface area contributed by atoms with Gasteiger partial charge in [0, 0.05) is 18.5 Å². The van der Waals surface area contributed by atoms with Crippen LogP contribution in [-0.4, -0.2) is 15.5 Å². The van der Waals surface area contributed by atoms with E-state index in [1.54, 1.807) is 13.1 Å². The smallest absolute Gasteiger partial charge is 0.273 e. The Morgan fingerprint density at radius 3 is 2.33 bits per heavy atom. The van der Waals surface area contributed by atoms with Gasteiger partial charge in [-0.05, 0) is 42.7 Å². The lowest BCUT2D eigenvalue weighted by atomic mass is 10.1. The van der Waals surface area contributed by atoms with Crippen molar-refractivity contribution in [2.75, 3.05) is 11.4 Å². The zero-order chi connectivity index (χ0) is 15.6. The first-order valence-electron chi connectivity index (χ1n) is 6.77. The van der Waals surface area contributed by atoms with E-state index in [4.69, 9.17) is 5.73 Å². The number of hydrogen-bond donors (Lipinski definition) is 1. The molecule has 0 unspecified atom stereocenters. The van der Waals surface area contributed by atoms with Crippen molar-refractivity contribution in [3.8, 4) is 0 Å². The highest BCUT2D eigenvalue weighted by molar-refractivity contribution is 7.94. The third kappa shape index (κ3) is 3.12. The first kappa shape index (κ1) is 16.0. The summed E-state index contributed by atoms with van der Waals surface area (Å²) in [6, 6.07) is 9.26. The molecule has 0 aliphatic carbocycles. The average molecular weight is 324 g/mol. The van der Waals surface area contributed by atoms with E-state index in [1.807, 2.05) is 31.2 Å². The number of hydrogen-bond acceptors (Lipinski definition) is 4. The van der Waals surface area contributed by atoms with Crippen molar-refractivity contribution in [3.63, 3.8) is 0 Å². The maximum Gasteiger partial charge on any atom is 0.273 e. The van der Waals surface area contributed by atoms with Crippen LogP contribution in [0.2, 0.25) is 0 Å². The molecule has 0 amide bonds. The maximum absolute atomic E-state index is 12.7. The molecule has 6 heteroatoms. The van der Waals surface area contributed by atoms with Crippen molar-refractivity contribution < 1.29 is 8.42 Å². The Kier molecular flexibility index (Phi) is 4.70. The molecule has 114 valence electrons. The van der Waals surface area contributed by atoms with Crippen LogP contribution in [0.15, 0.2) is 34.5 Å². The summed E-state index contributed by atoms with van der Waals surface area (Å²) in [6.45, 7) is 4.31. The fourth-order valence-corrected chi connectivity index (χ4v) is 4.87. The Morgan fingerprint density at radius 1 is 1.24 bits per heavy atom. The van der Waals surface area contributed by atoms with Gasteiger partial charge in [0.15, 0.2) is 0 Å². The number of thiophene rings is 1. The van der Waals surface area contributed by atoms with Crippen molar-refractivity contribution in [3.05, 3.63) is 46.3 Å². The summed E-state index contributed by atoms with van der Waals surface area (Å²) >= 11 is 1.24. The van der Waals surface area contributed by atoms with Crippen LogP contribution in [0, 0.1) is 6.92 Å². The maximum atomic E-state index is 12.7. The zero-order valence-electron chi connectivity index (χ0n) is 12.5. The molecular weight excluding hydrogens is 304 g/mol. The lowest BCUT2D eigenvalue weighted by Crippen LogP contribution is -2.25. The van der Waals surface area contributed by atoms with Crippen LogP contribution in [0.4, 0.5) is 5.69 Å². The molecule has 2 rings (SSSR count). The van der Waals surface area contributed by atoms with Gasteiger partial charge < -0.3 is 5.73 Å². The molecule has 4 nitrogen and oxygen atoms in total. The molecule has 1 aromatic carbocycles. The van der Waals surface area contributed by atoms with Gasteiger partial charge in [0.25, 0.3) is 10.0 Å². The van der Waals surface area contributed by atoms with Crippen molar-refractivity contribution in [1.29, 1.82) is 0 Å². The molecule has 21 heavy (non-hydrogen) atoms. The van der Waals surface area contributed by atoms with Gasteiger partial charge in [-0.2, -0.15) is 0 Å². The van der Waals surface area contributed by atoms with E-state index in [-0.39, 0.29) is 0 Å². The quantitative estimate of drug-likeness (QED) is 0.920. The lowest BCUT2D eigenvalue weighted by molar-refractivity contribution is 0.596. The molecule has 0 bridgehead atoms. The highest BCUT2D eigenvalue weighted by Crippen LogP contribution is 2.30. The third-order valence-electron chi connectivity index (χ3n) is 3.51. The second kappa shape index (κ2) is 6.17. The van der Waals surface area contributed by atoms with E-state index in [0.29, 0.717) is 16.4 Å². The van der Waals surface area contributed by atoms with Crippen LogP contribution in [0.1, 0.15) is 22.9 Å². The number of rotatable bonds is 5. The normalized spacial score (nSPS) is 11.6. The number of anilines is 1. The molecule has 1 heterocycles. The summed E-state index contributed by atoms with van der Waals surface area (Å²) in [6.07, 6.45) is 0.931. The van der Waals surface area contributed by atoms with E-state index in [1.165, 1.54) is 21.2 Å². The van der Waals surface area contributed by atoms with E-state index in [0.717, 1.165) is 16.9 Å². The summed E-state index contributed by atoms with van der Waals surface area (Å²) in [7, 11) is -1.95. The molecule has 0 saturated carbocycles. The molecule has 0 spiro atoms. The van der Waals surface area contributed by atoms with Crippen molar-refractivity contribution in [2.24, 2.45) is 5.73 Å². The standard InChI is InChI=1S/C15H20N2O2S2/c1-4-12-5-7-13(8-6-12)17(3)21(18,19)15-9-11(2)14(10-16)20-15/h5-9H,4,10,16H2,1-3H3. The summed E-state index contributed by atoms with van der Waals surface area (Å²) < 4.78 is 27.0. The molecule has 0 atom stereocenters. The number of aryl methyl sites for hydroxylation is 2. The monoisotopic (exact) mass is 324 g/mol. The number of sulfonamides is 1. The number of nitrogens with zero attached hydrogens (tertiary/aromatic N) is 1. The lowest BCUT2D eigenvalue weighted by Gasteiger charge is -2.18. The Labute approximate surface area is 130 Å². The molecule has 0 radical (unpaired) electrons.